The average Bonchev–Trinajstić information content (AvgIpc) is 2.68. The van der Waals surface area contributed by atoms with Crippen LogP contribution in [0, 0.1) is 23.1 Å². The highest BCUT2D eigenvalue weighted by Gasteiger charge is 2.41. The number of allylic oxidation sites excluding steroid dienone is 2. The lowest BCUT2D eigenvalue weighted by molar-refractivity contribution is -0.116. The SMILES string of the molecule is CC1=NC2=C(C(=O)CC(c3ccccc3)C2)C(c2ccc(F)cc2)C1C#N. The number of halogens is 1. The molecule has 4 heteroatoms. The summed E-state index contributed by atoms with van der Waals surface area (Å²) in [5.41, 5.74) is 4.04. The molecule has 1 heterocycles. The Bertz CT molecular complexity index is 983. The number of carbonyl (C=O) groups is 1. The molecule has 0 bridgehead atoms. The van der Waals surface area contributed by atoms with Crippen LogP contribution in [-0.4, -0.2) is 11.5 Å². The van der Waals surface area contributed by atoms with E-state index in [9.17, 15) is 14.4 Å². The van der Waals surface area contributed by atoms with Gasteiger partial charge in [0.05, 0.1) is 12.0 Å². The molecule has 3 atom stereocenters. The van der Waals surface area contributed by atoms with E-state index in [0.29, 0.717) is 24.1 Å². The number of Topliss-reactive ketones (excluding diaryl/α,β-unsaturated/α-hetero) is 1. The third-order valence-corrected chi connectivity index (χ3v) is 5.53. The first-order valence-corrected chi connectivity index (χ1v) is 9.10. The van der Waals surface area contributed by atoms with Crippen LogP contribution in [0.4, 0.5) is 4.39 Å². The fourth-order valence-corrected chi connectivity index (χ4v) is 4.22. The predicted molar refractivity (Wildman–Crippen MR) is 102 cm³/mol. The Kier molecular flexibility index (Phi) is 4.45. The lowest BCUT2D eigenvalue weighted by Gasteiger charge is -2.35. The van der Waals surface area contributed by atoms with Crippen LogP contribution in [0.2, 0.25) is 0 Å². The molecule has 0 amide bonds. The van der Waals surface area contributed by atoms with E-state index < -0.39 is 5.92 Å². The predicted octanol–water partition coefficient (Wildman–Crippen LogP) is 4.92. The molecule has 2 aromatic rings. The zero-order valence-corrected chi connectivity index (χ0v) is 15.0. The quantitative estimate of drug-likeness (QED) is 0.765. The second-order valence-corrected chi connectivity index (χ2v) is 7.19. The number of benzene rings is 2. The van der Waals surface area contributed by atoms with Gasteiger partial charge in [-0.1, -0.05) is 42.5 Å². The highest BCUT2D eigenvalue weighted by molar-refractivity contribution is 6.03. The van der Waals surface area contributed by atoms with Crippen LogP contribution >= 0.6 is 0 Å². The molecule has 0 N–H and O–H groups in total. The van der Waals surface area contributed by atoms with E-state index in [-0.39, 0.29) is 23.4 Å². The van der Waals surface area contributed by atoms with Crippen molar-refractivity contribution in [2.45, 2.75) is 31.6 Å². The molecular formula is C23H19FN2O. The van der Waals surface area contributed by atoms with E-state index in [1.807, 2.05) is 37.3 Å². The first kappa shape index (κ1) is 17.4. The van der Waals surface area contributed by atoms with Gasteiger partial charge in [-0.3, -0.25) is 9.79 Å². The van der Waals surface area contributed by atoms with Gasteiger partial charge in [-0.2, -0.15) is 5.26 Å². The van der Waals surface area contributed by atoms with E-state index in [1.54, 1.807) is 12.1 Å². The third kappa shape index (κ3) is 3.10. The number of hydrogen-bond acceptors (Lipinski definition) is 3. The zero-order valence-electron chi connectivity index (χ0n) is 15.0. The van der Waals surface area contributed by atoms with Crippen molar-refractivity contribution in [3.05, 3.63) is 82.8 Å². The Labute approximate surface area is 157 Å². The van der Waals surface area contributed by atoms with Gasteiger partial charge < -0.3 is 0 Å². The Hall–Kier alpha value is -3.06. The monoisotopic (exact) mass is 358 g/mol. The number of ketones is 1. The van der Waals surface area contributed by atoms with Gasteiger partial charge in [0.25, 0.3) is 0 Å². The molecule has 1 aliphatic carbocycles. The van der Waals surface area contributed by atoms with E-state index in [4.69, 9.17) is 0 Å². The zero-order chi connectivity index (χ0) is 19.0. The third-order valence-electron chi connectivity index (χ3n) is 5.53. The molecule has 3 nitrogen and oxygen atoms in total. The van der Waals surface area contributed by atoms with Crippen molar-refractivity contribution in [1.82, 2.24) is 0 Å². The molecule has 2 aromatic carbocycles. The second-order valence-electron chi connectivity index (χ2n) is 7.19. The van der Waals surface area contributed by atoms with Crippen molar-refractivity contribution in [2.24, 2.45) is 10.9 Å². The maximum atomic E-state index is 13.4. The molecule has 0 aromatic heterocycles. The first-order valence-electron chi connectivity index (χ1n) is 9.10. The summed E-state index contributed by atoms with van der Waals surface area (Å²) in [6.45, 7) is 1.84. The molecule has 0 saturated heterocycles. The van der Waals surface area contributed by atoms with Crippen molar-refractivity contribution < 1.29 is 9.18 Å². The summed E-state index contributed by atoms with van der Waals surface area (Å²) in [5.74, 6) is -1.09. The molecule has 0 spiro atoms. The number of rotatable bonds is 2. The van der Waals surface area contributed by atoms with E-state index >= 15 is 0 Å². The molecule has 3 unspecified atom stereocenters. The summed E-state index contributed by atoms with van der Waals surface area (Å²) < 4.78 is 13.4. The Morgan fingerprint density at radius 1 is 1.04 bits per heavy atom. The largest absolute Gasteiger partial charge is 0.294 e. The van der Waals surface area contributed by atoms with Crippen molar-refractivity contribution in [1.29, 1.82) is 5.26 Å². The summed E-state index contributed by atoms with van der Waals surface area (Å²) in [5, 5.41) is 9.72. The van der Waals surface area contributed by atoms with Crippen LogP contribution in [-0.2, 0) is 4.79 Å². The van der Waals surface area contributed by atoms with E-state index in [2.05, 4.69) is 11.1 Å². The standard InChI is InChI=1S/C23H19FN2O/c1-14-19(13-25)22(16-7-9-18(24)10-8-16)23-20(26-14)11-17(12-21(23)27)15-5-3-2-4-6-15/h2-10,17,19,22H,11-12H2,1H3. The summed E-state index contributed by atoms with van der Waals surface area (Å²) in [4.78, 5) is 17.8. The van der Waals surface area contributed by atoms with E-state index in [0.717, 1.165) is 16.8 Å². The molecule has 0 saturated carbocycles. The van der Waals surface area contributed by atoms with Gasteiger partial charge in [-0.05, 0) is 42.5 Å². The van der Waals surface area contributed by atoms with Gasteiger partial charge >= 0.3 is 0 Å². The Morgan fingerprint density at radius 2 is 1.74 bits per heavy atom. The average molecular weight is 358 g/mol. The van der Waals surface area contributed by atoms with Crippen LogP contribution in [0.3, 0.4) is 0 Å². The van der Waals surface area contributed by atoms with Gasteiger partial charge in [0, 0.05) is 29.3 Å². The summed E-state index contributed by atoms with van der Waals surface area (Å²) in [6.07, 6.45) is 1.09. The van der Waals surface area contributed by atoms with Crippen LogP contribution in [0.15, 0.2) is 70.9 Å². The topological polar surface area (TPSA) is 53.2 Å². The van der Waals surface area contributed by atoms with Crippen LogP contribution < -0.4 is 0 Å². The fourth-order valence-electron chi connectivity index (χ4n) is 4.22. The van der Waals surface area contributed by atoms with Crippen molar-refractivity contribution >= 4 is 11.5 Å². The molecule has 0 fully saturated rings. The minimum Gasteiger partial charge on any atom is -0.294 e. The van der Waals surface area contributed by atoms with Gasteiger partial charge in [0.2, 0.25) is 0 Å². The minimum atomic E-state index is -0.508. The van der Waals surface area contributed by atoms with Crippen LogP contribution in [0.5, 0.6) is 0 Å². The van der Waals surface area contributed by atoms with Crippen molar-refractivity contribution in [3.8, 4) is 6.07 Å². The summed E-state index contributed by atoms with van der Waals surface area (Å²) >= 11 is 0. The number of hydrogen-bond donors (Lipinski definition) is 0. The van der Waals surface area contributed by atoms with Crippen molar-refractivity contribution in [2.75, 3.05) is 0 Å². The van der Waals surface area contributed by atoms with Crippen LogP contribution in [0.1, 0.15) is 42.7 Å². The molecule has 134 valence electrons. The summed E-state index contributed by atoms with van der Waals surface area (Å²) in [6, 6.07) is 18.4. The maximum absolute atomic E-state index is 13.4. The smallest absolute Gasteiger partial charge is 0.161 e. The molecule has 2 aliphatic rings. The van der Waals surface area contributed by atoms with Gasteiger partial charge in [-0.25, -0.2) is 4.39 Å². The Balaban J connectivity index is 1.79. The molecule has 27 heavy (non-hydrogen) atoms. The van der Waals surface area contributed by atoms with Gasteiger partial charge in [0.15, 0.2) is 5.78 Å². The molecule has 1 aliphatic heterocycles. The molecular weight excluding hydrogens is 339 g/mol. The highest BCUT2D eigenvalue weighted by Crippen LogP contribution is 2.46. The number of aliphatic imine (C=N–C) groups is 1. The van der Waals surface area contributed by atoms with Crippen molar-refractivity contribution in [3.63, 3.8) is 0 Å². The highest BCUT2D eigenvalue weighted by atomic mass is 19.1. The van der Waals surface area contributed by atoms with Gasteiger partial charge in [-0.15, -0.1) is 0 Å². The normalized spacial score (nSPS) is 24.9. The number of nitrogens with zero attached hydrogens (tertiary/aromatic N) is 2. The second kappa shape index (κ2) is 6.92. The summed E-state index contributed by atoms with van der Waals surface area (Å²) in [7, 11) is 0. The Morgan fingerprint density at radius 3 is 2.41 bits per heavy atom. The molecule has 4 rings (SSSR count). The lowest BCUT2D eigenvalue weighted by atomic mass is 9.69. The van der Waals surface area contributed by atoms with E-state index in [1.165, 1.54) is 12.1 Å². The number of carbonyl (C=O) groups excluding carboxylic acids is 1. The minimum absolute atomic E-state index is 0.0379. The van der Waals surface area contributed by atoms with Crippen LogP contribution in [0.25, 0.3) is 0 Å². The number of nitriles is 1. The fraction of sp³-hybridized carbons (Fsp3) is 0.261. The maximum Gasteiger partial charge on any atom is 0.161 e. The lowest BCUT2D eigenvalue weighted by Crippen LogP contribution is -2.32. The first-order chi connectivity index (χ1) is 13.1. The van der Waals surface area contributed by atoms with Gasteiger partial charge in [0.1, 0.15) is 5.82 Å². The molecule has 0 radical (unpaired) electrons.